The fourth-order valence-corrected chi connectivity index (χ4v) is 2.91. The molecule has 164 valence electrons. The Morgan fingerprint density at radius 1 is 1.37 bits per heavy atom. The number of nitrogens with two attached hydrogens (primary N) is 1. The van der Waals surface area contributed by atoms with Crippen molar-refractivity contribution in [3.63, 3.8) is 0 Å². The highest BCUT2D eigenvalue weighted by Crippen LogP contribution is 2.37. The third kappa shape index (κ3) is 5.10. The average Bonchev–Trinajstić information content (AvgIpc) is 3.01. The fourth-order valence-electron chi connectivity index (χ4n) is 2.72. The third-order valence-corrected chi connectivity index (χ3v) is 4.72. The van der Waals surface area contributed by atoms with Crippen molar-refractivity contribution in [3.8, 4) is 6.01 Å². The highest BCUT2D eigenvalue weighted by atomic mass is 35.5. The van der Waals surface area contributed by atoms with Gasteiger partial charge in [0.05, 0.1) is 23.8 Å². The van der Waals surface area contributed by atoms with Gasteiger partial charge in [0.15, 0.2) is 17.7 Å². The number of nitrogens with zero attached hydrogens (tertiary/aromatic N) is 4. The van der Waals surface area contributed by atoms with E-state index in [0.717, 1.165) is 6.92 Å². The maximum absolute atomic E-state index is 13.6. The monoisotopic (exact) mass is 452 g/mol. The van der Waals surface area contributed by atoms with Crippen LogP contribution in [0.5, 0.6) is 6.01 Å². The van der Waals surface area contributed by atoms with E-state index in [9.17, 15) is 22.0 Å². The van der Waals surface area contributed by atoms with Crippen LogP contribution in [0.1, 0.15) is 19.0 Å². The van der Waals surface area contributed by atoms with E-state index in [0.29, 0.717) is 10.7 Å². The van der Waals surface area contributed by atoms with Crippen LogP contribution in [0.3, 0.4) is 0 Å². The van der Waals surface area contributed by atoms with Crippen molar-refractivity contribution >= 4 is 28.9 Å². The standard InChI is InChI=1S/C17H18ClF5N6O/c1-9(17(21,22)23)30-15-27-13(26-7-11-10(18)3-2-5-25-11)12(24)14(28-15)29-6-4-16(19,20)8-29/h2-3,5,9H,4,6-8,24H2,1H3,(H,26,27,28)/t9-/m0/s1. The summed E-state index contributed by atoms with van der Waals surface area (Å²) in [5.74, 6) is -3.19. The number of alkyl halides is 5. The van der Waals surface area contributed by atoms with Crippen LogP contribution in [0.2, 0.25) is 5.02 Å². The normalized spacial score (nSPS) is 17.1. The molecule has 0 unspecified atom stereocenters. The van der Waals surface area contributed by atoms with E-state index in [1.165, 1.54) is 11.1 Å². The maximum Gasteiger partial charge on any atom is 0.425 e. The summed E-state index contributed by atoms with van der Waals surface area (Å²) in [6.45, 7) is 0.0664. The van der Waals surface area contributed by atoms with Crippen molar-refractivity contribution in [2.45, 2.75) is 38.1 Å². The van der Waals surface area contributed by atoms with Gasteiger partial charge in [-0.25, -0.2) is 8.78 Å². The van der Waals surface area contributed by atoms with Crippen LogP contribution >= 0.6 is 11.6 Å². The number of aromatic nitrogens is 3. The van der Waals surface area contributed by atoms with Crippen LogP contribution in [0.4, 0.5) is 39.3 Å². The largest absolute Gasteiger partial charge is 0.451 e. The van der Waals surface area contributed by atoms with Crippen LogP contribution in [0, 0.1) is 0 Å². The maximum atomic E-state index is 13.6. The molecule has 1 aliphatic heterocycles. The van der Waals surface area contributed by atoms with Gasteiger partial charge in [-0.3, -0.25) is 4.98 Å². The molecule has 0 amide bonds. The number of nitrogens with one attached hydrogen (secondary N) is 1. The first-order valence-corrected chi connectivity index (χ1v) is 9.21. The Hall–Kier alpha value is -2.63. The molecule has 13 heteroatoms. The number of ether oxygens (including phenoxy) is 1. The minimum Gasteiger partial charge on any atom is -0.451 e. The second-order valence-corrected chi connectivity index (χ2v) is 7.11. The Morgan fingerprint density at radius 2 is 2.10 bits per heavy atom. The van der Waals surface area contributed by atoms with E-state index >= 15 is 0 Å². The van der Waals surface area contributed by atoms with Gasteiger partial charge < -0.3 is 20.7 Å². The Morgan fingerprint density at radius 3 is 2.70 bits per heavy atom. The molecule has 0 bridgehead atoms. The van der Waals surface area contributed by atoms with Gasteiger partial charge in [0.2, 0.25) is 0 Å². The van der Waals surface area contributed by atoms with Crippen molar-refractivity contribution in [1.82, 2.24) is 15.0 Å². The van der Waals surface area contributed by atoms with E-state index < -0.39 is 37.2 Å². The lowest BCUT2D eigenvalue weighted by Gasteiger charge is -2.23. The first-order valence-electron chi connectivity index (χ1n) is 8.83. The molecule has 0 saturated carbocycles. The number of halogens is 6. The van der Waals surface area contributed by atoms with E-state index in [4.69, 9.17) is 22.1 Å². The lowest BCUT2D eigenvalue weighted by Crippen LogP contribution is -2.32. The van der Waals surface area contributed by atoms with Gasteiger partial charge in [-0.15, -0.1) is 0 Å². The van der Waals surface area contributed by atoms with Crippen LogP contribution in [0.15, 0.2) is 18.3 Å². The summed E-state index contributed by atoms with van der Waals surface area (Å²) in [6, 6.07) is 2.58. The number of nitrogen functional groups attached to an aromatic ring is 1. The zero-order chi connectivity index (χ0) is 22.1. The van der Waals surface area contributed by atoms with Crippen LogP contribution in [-0.2, 0) is 6.54 Å². The number of pyridine rings is 1. The van der Waals surface area contributed by atoms with Gasteiger partial charge >= 0.3 is 12.2 Å². The van der Waals surface area contributed by atoms with Crippen molar-refractivity contribution in [2.75, 3.05) is 29.0 Å². The molecule has 1 fully saturated rings. The Labute approximate surface area is 173 Å². The third-order valence-electron chi connectivity index (χ3n) is 4.38. The first-order chi connectivity index (χ1) is 14.0. The molecule has 1 saturated heterocycles. The van der Waals surface area contributed by atoms with Crippen molar-refractivity contribution < 1.29 is 26.7 Å². The van der Waals surface area contributed by atoms with E-state index in [1.807, 2.05) is 0 Å². The summed E-state index contributed by atoms with van der Waals surface area (Å²) >= 11 is 6.04. The Kier molecular flexibility index (Phi) is 6.06. The van der Waals surface area contributed by atoms with Gasteiger partial charge in [-0.05, 0) is 19.1 Å². The molecule has 3 heterocycles. The molecule has 30 heavy (non-hydrogen) atoms. The molecule has 2 aromatic heterocycles. The van der Waals surface area contributed by atoms with Crippen molar-refractivity contribution in [1.29, 1.82) is 0 Å². The van der Waals surface area contributed by atoms with E-state index in [-0.39, 0.29) is 30.4 Å². The molecule has 1 aliphatic rings. The highest BCUT2D eigenvalue weighted by molar-refractivity contribution is 6.31. The molecule has 7 nitrogen and oxygen atoms in total. The summed E-state index contributed by atoms with van der Waals surface area (Å²) in [7, 11) is 0. The van der Waals surface area contributed by atoms with Crippen LogP contribution in [-0.4, -0.2) is 46.2 Å². The lowest BCUT2D eigenvalue weighted by molar-refractivity contribution is -0.190. The van der Waals surface area contributed by atoms with E-state index in [2.05, 4.69) is 20.3 Å². The van der Waals surface area contributed by atoms with Crippen LogP contribution in [0.25, 0.3) is 0 Å². The second-order valence-electron chi connectivity index (χ2n) is 6.71. The van der Waals surface area contributed by atoms with Gasteiger partial charge in [-0.1, -0.05) is 11.6 Å². The minimum atomic E-state index is -4.67. The molecule has 0 spiro atoms. The zero-order valence-electron chi connectivity index (χ0n) is 15.7. The molecule has 3 N–H and O–H groups in total. The molecule has 3 rings (SSSR count). The van der Waals surface area contributed by atoms with E-state index in [1.54, 1.807) is 12.1 Å². The first kappa shape index (κ1) is 22.1. The van der Waals surface area contributed by atoms with Gasteiger partial charge in [0.25, 0.3) is 5.92 Å². The Bertz CT molecular complexity index is 913. The van der Waals surface area contributed by atoms with Crippen LogP contribution < -0.4 is 20.7 Å². The second kappa shape index (κ2) is 8.25. The van der Waals surface area contributed by atoms with Gasteiger partial charge in [0, 0.05) is 19.2 Å². The average molecular weight is 453 g/mol. The Balaban J connectivity index is 1.92. The topological polar surface area (TPSA) is 89.2 Å². The van der Waals surface area contributed by atoms with Gasteiger partial charge in [-0.2, -0.15) is 23.1 Å². The quantitative estimate of drug-likeness (QED) is 0.643. The number of hydrogen-bond donors (Lipinski definition) is 2. The minimum absolute atomic E-state index is 0.0325. The molecular weight excluding hydrogens is 435 g/mol. The molecule has 0 aliphatic carbocycles. The summed E-state index contributed by atoms with van der Waals surface area (Å²) in [5, 5.41) is 3.16. The fraction of sp³-hybridized carbons (Fsp3) is 0.471. The molecule has 1 atom stereocenters. The smallest absolute Gasteiger partial charge is 0.425 e. The van der Waals surface area contributed by atoms with Crippen molar-refractivity contribution in [3.05, 3.63) is 29.0 Å². The molecule has 0 aromatic carbocycles. The number of anilines is 3. The zero-order valence-corrected chi connectivity index (χ0v) is 16.4. The summed E-state index contributed by atoms with van der Waals surface area (Å²) in [6.07, 6.45) is -5.81. The lowest BCUT2D eigenvalue weighted by atomic mass is 10.3. The predicted molar refractivity (Wildman–Crippen MR) is 101 cm³/mol. The summed E-state index contributed by atoms with van der Waals surface area (Å²) in [4.78, 5) is 13.0. The van der Waals surface area contributed by atoms with Gasteiger partial charge in [0.1, 0.15) is 5.69 Å². The molecule has 2 aromatic rings. The number of rotatable bonds is 6. The summed E-state index contributed by atoms with van der Waals surface area (Å²) < 4.78 is 70.7. The SMILES string of the molecule is C[C@H](Oc1nc(NCc2ncccc2Cl)c(N)c(N2CCC(F)(F)C2)n1)C(F)(F)F. The molecular formula is C17H18ClF5N6O. The van der Waals surface area contributed by atoms with Crippen molar-refractivity contribution in [2.24, 2.45) is 0 Å². The predicted octanol–water partition coefficient (Wildman–Crippen LogP) is 3.89. The summed E-state index contributed by atoms with van der Waals surface area (Å²) in [5.41, 5.74) is 6.36. The number of hydrogen-bond acceptors (Lipinski definition) is 7. The molecule has 0 radical (unpaired) electrons. The highest BCUT2D eigenvalue weighted by Gasteiger charge is 2.41.